The quantitative estimate of drug-likeness (QED) is 0.787. The standard InChI is InChI=1S/C14H13ClN2O4/c15-9-3-4-11(10(8-9)13(19)16-5-6-18)17-14(20)12-2-1-7-21-12/h1-4,7-8,18H,5-6H2,(H,16,19)(H,17,20). The van der Waals surface area contributed by atoms with E-state index in [9.17, 15) is 9.59 Å². The summed E-state index contributed by atoms with van der Waals surface area (Å²) in [5.41, 5.74) is 0.507. The zero-order chi connectivity index (χ0) is 15.2. The first-order valence-electron chi connectivity index (χ1n) is 6.15. The first-order valence-corrected chi connectivity index (χ1v) is 6.53. The molecule has 0 unspecified atom stereocenters. The van der Waals surface area contributed by atoms with Crippen LogP contribution in [0.2, 0.25) is 5.02 Å². The predicted octanol–water partition coefficient (Wildman–Crippen LogP) is 1.91. The third kappa shape index (κ3) is 3.84. The molecule has 0 saturated heterocycles. The van der Waals surface area contributed by atoms with Crippen LogP contribution in [0.25, 0.3) is 0 Å². The maximum atomic E-state index is 12.0. The van der Waals surface area contributed by atoms with Crippen molar-refractivity contribution in [3.63, 3.8) is 0 Å². The number of aliphatic hydroxyl groups is 1. The minimum atomic E-state index is -0.474. The van der Waals surface area contributed by atoms with Gasteiger partial charge in [0.25, 0.3) is 11.8 Å². The summed E-state index contributed by atoms with van der Waals surface area (Å²) in [4.78, 5) is 23.9. The van der Waals surface area contributed by atoms with E-state index in [2.05, 4.69) is 10.6 Å². The number of carbonyl (C=O) groups excluding carboxylic acids is 2. The van der Waals surface area contributed by atoms with Crippen LogP contribution in [0.1, 0.15) is 20.9 Å². The van der Waals surface area contributed by atoms with E-state index in [1.807, 2.05) is 0 Å². The number of anilines is 1. The molecule has 6 nitrogen and oxygen atoms in total. The van der Waals surface area contributed by atoms with Crippen molar-refractivity contribution in [1.29, 1.82) is 0 Å². The van der Waals surface area contributed by atoms with Gasteiger partial charge in [-0.3, -0.25) is 9.59 Å². The first kappa shape index (κ1) is 15.1. The van der Waals surface area contributed by atoms with Gasteiger partial charge in [0.05, 0.1) is 24.1 Å². The fourth-order valence-corrected chi connectivity index (χ4v) is 1.84. The largest absolute Gasteiger partial charge is 0.459 e. The lowest BCUT2D eigenvalue weighted by atomic mass is 10.1. The Morgan fingerprint density at radius 2 is 2.05 bits per heavy atom. The molecule has 0 aliphatic carbocycles. The molecule has 0 saturated carbocycles. The molecule has 1 heterocycles. The number of hydrogen-bond donors (Lipinski definition) is 3. The van der Waals surface area contributed by atoms with E-state index in [1.165, 1.54) is 24.5 Å². The van der Waals surface area contributed by atoms with Gasteiger partial charge in [-0.05, 0) is 30.3 Å². The van der Waals surface area contributed by atoms with E-state index < -0.39 is 11.8 Å². The molecule has 0 aliphatic rings. The summed E-state index contributed by atoms with van der Waals surface area (Å²) in [6.45, 7) is -0.0721. The van der Waals surface area contributed by atoms with Gasteiger partial charge in [-0.15, -0.1) is 0 Å². The number of amides is 2. The van der Waals surface area contributed by atoms with Crippen LogP contribution in [-0.2, 0) is 0 Å². The van der Waals surface area contributed by atoms with Crippen molar-refractivity contribution in [2.45, 2.75) is 0 Å². The van der Waals surface area contributed by atoms with Crippen LogP contribution in [0, 0.1) is 0 Å². The number of nitrogens with one attached hydrogen (secondary N) is 2. The highest BCUT2D eigenvalue weighted by molar-refractivity contribution is 6.31. The Kier molecular flexibility index (Phi) is 4.97. The maximum absolute atomic E-state index is 12.0. The zero-order valence-electron chi connectivity index (χ0n) is 10.9. The molecule has 1 aromatic heterocycles. The Labute approximate surface area is 125 Å². The second-order valence-electron chi connectivity index (χ2n) is 4.10. The molecule has 0 fully saturated rings. The molecular weight excluding hydrogens is 296 g/mol. The van der Waals surface area contributed by atoms with Crippen molar-refractivity contribution >= 4 is 29.1 Å². The normalized spacial score (nSPS) is 10.2. The Bertz CT molecular complexity index is 640. The molecule has 7 heteroatoms. The topological polar surface area (TPSA) is 91.6 Å². The summed E-state index contributed by atoms with van der Waals surface area (Å²) in [5, 5.41) is 14.2. The zero-order valence-corrected chi connectivity index (χ0v) is 11.7. The fraction of sp³-hybridized carbons (Fsp3) is 0.143. The predicted molar refractivity (Wildman–Crippen MR) is 77.5 cm³/mol. The fourth-order valence-electron chi connectivity index (χ4n) is 1.67. The van der Waals surface area contributed by atoms with Crippen molar-refractivity contribution in [3.8, 4) is 0 Å². The highest BCUT2D eigenvalue weighted by atomic mass is 35.5. The van der Waals surface area contributed by atoms with Crippen LogP contribution in [0.5, 0.6) is 0 Å². The van der Waals surface area contributed by atoms with Gasteiger partial charge < -0.3 is 20.2 Å². The summed E-state index contributed by atoms with van der Waals surface area (Å²) in [7, 11) is 0. The molecule has 0 radical (unpaired) electrons. The average molecular weight is 309 g/mol. The third-order valence-electron chi connectivity index (χ3n) is 2.62. The summed E-state index contributed by atoms with van der Waals surface area (Å²) in [5.74, 6) is -0.786. The van der Waals surface area contributed by atoms with Crippen LogP contribution in [0.3, 0.4) is 0 Å². The molecule has 110 valence electrons. The number of carbonyl (C=O) groups is 2. The lowest BCUT2D eigenvalue weighted by Crippen LogP contribution is -2.27. The molecular formula is C14H13ClN2O4. The van der Waals surface area contributed by atoms with Gasteiger partial charge in [-0.1, -0.05) is 11.6 Å². The van der Waals surface area contributed by atoms with E-state index >= 15 is 0 Å². The molecule has 0 atom stereocenters. The van der Waals surface area contributed by atoms with Gasteiger partial charge in [-0.25, -0.2) is 0 Å². The minimum absolute atomic E-state index is 0.108. The molecule has 3 N–H and O–H groups in total. The second-order valence-corrected chi connectivity index (χ2v) is 4.54. The number of rotatable bonds is 5. The van der Waals surface area contributed by atoms with Crippen molar-refractivity contribution in [1.82, 2.24) is 5.32 Å². The van der Waals surface area contributed by atoms with Crippen molar-refractivity contribution in [3.05, 3.63) is 52.9 Å². The van der Waals surface area contributed by atoms with E-state index in [1.54, 1.807) is 12.1 Å². The Morgan fingerprint density at radius 1 is 1.24 bits per heavy atom. The van der Waals surface area contributed by atoms with Crippen molar-refractivity contribution in [2.75, 3.05) is 18.5 Å². The number of furan rings is 1. The average Bonchev–Trinajstić information content (AvgIpc) is 3.01. The summed E-state index contributed by atoms with van der Waals surface area (Å²) in [6.07, 6.45) is 1.38. The summed E-state index contributed by atoms with van der Waals surface area (Å²) in [6, 6.07) is 7.62. The van der Waals surface area contributed by atoms with Gasteiger partial charge >= 0.3 is 0 Å². The van der Waals surface area contributed by atoms with Crippen molar-refractivity contribution in [2.24, 2.45) is 0 Å². The monoisotopic (exact) mass is 308 g/mol. The lowest BCUT2D eigenvalue weighted by Gasteiger charge is -2.11. The highest BCUT2D eigenvalue weighted by Gasteiger charge is 2.16. The molecule has 0 aliphatic heterocycles. The number of halogens is 1. The molecule has 2 rings (SSSR count). The van der Waals surface area contributed by atoms with E-state index in [0.29, 0.717) is 10.7 Å². The minimum Gasteiger partial charge on any atom is -0.459 e. The number of benzene rings is 1. The summed E-state index contributed by atoms with van der Waals surface area (Å²) >= 11 is 5.87. The van der Waals surface area contributed by atoms with E-state index in [-0.39, 0.29) is 24.5 Å². The van der Waals surface area contributed by atoms with Gasteiger partial charge in [-0.2, -0.15) is 0 Å². The summed E-state index contributed by atoms with van der Waals surface area (Å²) < 4.78 is 4.98. The Morgan fingerprint density at radius 3 is 2.71 bits per heavy atom. The highest BCUT2D eigenvalue weighted by Crippen LogP contribution is 2.21. The Hall–Kier alpha value is -2.31. The van der Waals surface area contributed by atoms with Gasteiger partial charge in [0, 0.05) is 11.6 Å². The number of aliphatic hydroxyl groups excluding tert-OH is 1. The first-order chi connectivity index (χ1) is 10.1. The van der Waals surface area contributed by atoms with E-state index in [0.717, 1.165) is 0 Å². The third-order valence-corrected chi connectivity index (χ3v) is 2.85. The SMILES string of the molecule is O=C(Nc1ccc(Cl)cc1C(=O)NCCO)c1ccco1. The molecule has 1 aromatic carbocycles. The van der Waals surface area contributed by atoms with Crippen LogP contribution < -0.4 is 10.6 Å². The molecule has 21 heavy (non-hydrogen) atoms. The maximum Gasteiger partial charge on any atom is 0.291 e. The molecule has 2 amide bonds. The second kappa shape index (κ2) is 6.92. The number of hydrogen-bond acceptors (Lipinski definition) is 4. The van der Waals surface area contributed by atoms with Gasteiger partial charge in [0.15, 0.2) is 5.76 Å². The smallest absolute Gasteiger partial charge is 0.291 e. The van der Waals surface area contributed by atoms with Crippen LogP contribution >= 0.6 is 11.6 Å². The van der Waals surface area contributed by atoms with Crippen LogP contribution in [0.4, 0.5) is 5.69 Å². The molecule has 0 bridgehead atoms. The molecule has 2 aromatic rings. The van der Waals surface area contributed by atoms with Crippen LogP contribution in [-0.4, -0.2) is 30.1 Å². The lowest BCUT2D eigenvalue weighted by molar-refractivity contribution is 0.0945. The van der Waals surface area contributed by atoms with Crippen LogP contribution in [0.15, 0.2) is 41.0 Å². The van der Waals surface area contributed by atoms with Crippen molar-refractivity contribution < 1.29 is 19.1 Å². The molecule has 0 spiro atoms. The van der Waals surface area contributed by atoms with Gasteiger partial charge in [0.1, 0.15) is 0 Å². The van der Waals surface area contributed by atoms with E-state index in [4.69, 9.17) is 21.1 Å². The Balaban J connectivity index is 2.22. The van der Waals surface area contributed by atoms with Gasteiger partial charge in [0.2, 0.25) is 0 Å².